The molecular formula is C16H24N2O3. The third-order valence-electron chi connectivity index (χ3n) is 4.72. The predicted octanol–water partition coefficient (Wildman–Crippen LogP) is 3.53. The van der Waals surface area contributed by atoms with E-state index in [4.69, 9.17) is 4.74 Å². The summed E-state index contributed by atoms with van der Waals surface area (Å²) in [5.74, 6) is 0.376. The number of nitrogens with one attached hydrogen (secondary N) is 1. The Hall–Kier alpha value is -1.62. The van der Waals surface area contributed by atoms with E-state index in [0.717, 1.165) is 25.8 Å². The Bertz CT molecular complexity index is 506. The number of rotatable bonds is 7. The molecule has 21 heavy (non-hydrogen) atoms. The van der Waals surface area contributed by atoms with E-state index < -0.39 is 0 Å². The number of nitrogens with zero attached hydrogens (tertiary/aromatic N) is 1. The van der Waals surface area contributed by atoms with E-state index in [9.17, 15) is 10.1 Å². The van der Waals surface area contributed by atoms with Crippen molar-refractivity contribution in [2.45, 2.75) is 52.2 Å². The SMILES string of the molecule is CCCNC1CC(Oc2ccccc2[N+](=O)[O-])C1(C)CC. The van der Waals surface area contributed by atoms with Gasteiger partial charge in [-0.2, -0.15) is 0 Å². The molecule has 1 saturated carbocycles. The number of para-hydroxylation sites is 2. The van der Waals surface area contributed by atoms with E-state index >= 15 is 0 Å². The highest BCUT2D eigenvalue weighted by atomic mass is 16.6. The van der Waals surface area contributed by atoms with Gasteiger partial charge in [0.15, 0.2) is 5.75 Å². The first-order chi connectivity index (χ1) is 10.0. The highest BCUT2D eigenvalue weighted by Gasteiger charge is 2.52. The van der Waals surface area contributed by atoms with Crippen molar-refractivity contribution in [2.75, 3.05) is 6.54 Å². The fourth-order valence-corrected chi connectivity index (χ4v) is 2.97. The second-order valence-electron chi connectivity index (χ2n) is 5.93. The molecular weight excluding hydrogens is 268 g/mol. The van der Waals surface area contributed by atoms with Crippen molar-refractivity contribution in [3.8, 4) is 5.75 Å². The lowest BCUT2D eigenvalue weighted by Gasteiger charge is -2.53. The van der Waals surface area contributed by atoms with E-state index in [1.807, 2.05) is 0 Å². The number of ether oxygens (including phenoxy) is 1. The first-order valence-corrected chi connectivity index (χ1v) is 7.66. The molecule has 3 atom stereocenters. The molecule has 0 amide bonds. The molecule has 0 bridgehead atoms. The van der Waals surface area contributed by atoms with Crippen molar-refractivity contribution < 1.29 is 9.66 Å². The Morgan fingerprint density at radius 2 is 2.14 bits per heavy atom. The van der Waals surface area contributed by atoms with Crippen LogP contribution in [0, 0.1) is 15.5 Å². The monoisotopic (exact) mass is 292 g/mol. The summed E-state index contributed by atoms with van der Waals surface area (Å²) in [7, 11) is 0. The van der Waals surface area contributed by atoms with Gasteiger partial charge in [0.1, 0.15) is 6.10 Å². The van der Waals surface area contributed by atoms with E-state index in [-0.39, 0.29) is 22.1 Å². The Morgan fingerprint density at radius 1 is 1.43 bits per heavy atom. The molecule has 2 rings (SSSR count). The van der Waals surface area contributed by atoms with Gasteiger partial charge >= 0.3 is 5.69 Å². The molecule has 1 fully saturated rings. The summed E-state index contributed by atoms with van der Waals surface area (Å²) >= 11 is 0. The van der Waals surface area contributed by atoms with Gasteiger partial charge in [-0.25, -0.2) is 0 Å². The molecule has 0 spiro atoms. The average Bonchev–Trinajstić information content (AvgIpc) is 2.49. The zero-order chi connectivity index (χ0) is 15.5. The van der Waals surface area contributed by atoms with Crippen molar-refractivity contribution in [1.29, 1.82) is 0 Å². The number of hydrogen-bond donors (Lipinski definition) is 1. The third-order valence-corrected chi connectivity index (χ3v) is 4.72. The zero-order valence-electron chi connectivity index (χ0n) is 13.0. The molecule has 1 aromatic carbocycles. The molecule has 1 aromatic rings. The second kappa shape index (κ2) is 6.43. The van der Waals surface area contributed by atoms with Gasteiger partial charge in [0.2, 0.25) is 0 Å². The maximum absolute atomic E-state index is 11.1. The number of hydrogen-bond acceptors (Lipinski definition) is 4. The quantitative estimate of drug-likeness (QED) is 0.617. The minimum atomic E-state index is -0.385. The van der Waals surface area contributed by atoms with Crippen molar-refractivity contribution in [2.24, 2.45) is 5.41 Å². The molecule has 1 N–H and O–H groups in total. The Kier molecular flexibility index (Phi) is 4.83. The molecule has 3 unspecified atom stereocenters. The van der Waals surface area contributed by atoms with Crippen LogP contribution in [0.3, 0.4) is 0 Å². The van der Waals surface area contributed by atoms with Gasteiger partial charge in [-0.15, -0.1) is 0 Å². The van der Waals surface area contributed by atoms with Gasteiger partial charge in [0.25, 0.3) is 0 Å². The number of nitro groups is 1. The summed E-state index contributed by atoms with van der Waals surface area (Å²) < 4.78 is 5.98. The van der Waals surface area contributed by atoms with Crippen LogP contribution in [0.5, 0.6) is 5.75 Å². The standard InChI is InChI=1S/C16H24N2O3/c1-4-10-17-14-11-15(16(14,3)5-2)21-13-9-7-6-8-12(13)18(19)20/h6-9,14-15,17H,4-5,10-11H2,1-3H3. The van der Waals surface area contributed by atoms with Crippen LogP contribution in [0.25, 0.3) is 0 Å². The minimum Gasteiger partial charge on any atom is -0.483 e. The molecule has 0 aromatic heterocycles. The summed E-state index contributed by atoms with van der Waals surface area (Å²) in [6.07, 6.45) is 3.01. The van der Waals surface area contributed by atoms with E-state index in [1.54, 1.807) is 18.2 Å². The molecule has 0 aliphatic heterocycles. The van der Waals surface area contributed by atoms with Crippen LogP contribution in [0.1, 0.15) is 40.0 Å². The lowest BCUT2D eigenvalue weighted by atomic mass is 9.61. The number of benzene rings is 1. The topological polar surface area (TPSA) is 64.4 Å². The Labute approximate surface area is 125 Å². The average molecular weight is 292 g/mol. The van der Waals surface area contributed by atoms with Crippen molar-refractivity contribution in [1.82, 2.24) is 5.32 Å². The highest BCUT2D eigenvalue weighted by molar-refractivity contribution is 5.46. The molecule has 5 nitrogen and oxygen atoms in total. The van der Waals surface area contributed by atoms with Crippen LogP contribution in [-0.4, -0.2) is 23.6 Å². The molecule has 0 saturated heterocycles. The van der Waals surface area contributed by atoms with Crippen LogP contribution in [0.15, 0.2) is 24.3 Å². The summed E-state index contributed by atoms with van der Waals surface area (Å²) in [6.45, 7) is 7.49. The summed E-state index contributed by atoms with van der Waals surface area (Å²) in [4.78, 5) is 10.7. The van der Waals surface area contributed by atoms with Crippen molar-refractivity contribution in [3.63, 3.8) is 0 Å². The van der Waals surface area contributed by atoms with E-state index in [0.29, 0.717) is 11.8 Å². The molecule has 1 aliphatic rings. The van der Waals surface area contributed by atoms with Gasteiger partial charge in [0.05, 0.1) is 4.92 Å². The summed E-state index contributed by atoms with van der Waals surface area (Å²) in [5, 5.41) is 14.6. The molecule has 0 radical (unpaired) electrons. The fourth-order valence-electron chi connectivity index (χ4n) is 2.97. The number of nitro benzene ring substituents is 1. The summed E-state index contributed by atoms with van der Waals surface area (Å²) in [5.41, 5.74) is 0.0692. The predicted molar refractivity (Wildman–Crippen MR) is 82.6 cm³/mol. The lowest BCUT2D eigenvalue weighted by molar-refractivity contribution is -0.386. The fraction of sp³-hybridized carbons (Fsp3) is 0.625. The van der Waals surface area contributed by atoms with Crippen LogP contribution in [0.2, 0.25) is 0 Å². The van der Waals surface area contributed by atoms with Crippen molar-refractivity contribution in [3.05, 3.63) is 34.4 Å². The van der Waals surface area contributed by atoms with Gasteiger partial charge in [-0.05, 0) is 25.5 Å². The van der Waals surface area contributed by atoms with Gasteiger partial charge < -0.3 is 10.1 Å². The Morgan fingerprint density at radius 3 is 2.76 bits per heavy atom. The van der Waals surface area contributed by atoms with Crippen LogP contribution >= 0.6 is 0 Å². The maximum Gasteiger partial charge on any atom is 0.310 e. The minimum absolute atomic E-state index is 0.0259. The van der Waals surface area contributed by atoms with Crippen LogP contribution in [-0.2, 0) is 0 Å². The van der Waals surface area contributed by atoms with E-state index in [1.165, 1.54) is 6.07 Å². The van der Waals surface area contributed by atoms with Gasteiger partial charge in [-0.1, -0.05) is 32.9 Å². The molecule has 5 heteroatoms. The van der Waals surface area contributed by atoms with Gasteiger partial charge in [-0.3, -0.25) is 10.1 Å². The smallest absolute Gasteiger partial charge is 0.310 e. The lowest BCUT2D eigenvalue weighted by Crippen LogP contribution is -2.63. The molecule has 0 heterocycles. The van der Waals surface area contributed by atoms with Crippen LogP contribution in [0.4, 0.5) is 5.69 Å². The first kappa shape index (κ1) is 15.8. The van der Waals surface area contributed by atoms with Crippen molar-refractivity contribution >= 4 is 5.69 Å². The third kappa shape index (κ3) is 3.02. The zero-order valence-corrected chi connectivity index (χ0v) is 13.0. The molecule has 1 aliphatic carbocycles. The second-order valence-corrected chi connectivity index (χ2v) is 5.93. The largest absolute Gasteiger partial charge is 0.483 e. The maximum atomic E-state index is 11.1. The summed E-state index contributed by atoms with van der Waals surface area (Å²) in [6, 6.07) is 7.04. The normalized spacial score (nSPS) is 28.0. The van der Waals surface area contributed by atoms with E-state index in [2.05, 4.69) is 26.1 Å². The van der Waals surface area contributed by atoms with Gasteiger partial charge in [0, 0.05) is 23.9 Å². The first-order valence-electron chi connectivity index (χ1n) is 7.66. The molecule has 116 valence electrons. The highest BCUT2D eigenvalue weighted by Crippen LogP contribution is 2.47. The Balaban J connectivity index is 2.09. The van der Waals surface area contributed by atoms with Crippen LogP contribution < -0.4 is 10.1 Å².